The lowest BCUT2D eigenvalue weighted by molar-refractivity contribution is 0.142. The minimum Gasteiger partial charge on any atom is -0.449 e. The number of fused-ring (bicyclic) bond motifs is 3. The third kappa shape index (κ3) is 2.83. The first kappa shape index (κ1) is 14.6. The van der Waals surface area contributed by atoms with Crippen LogP contribution in [-0.2, 0) is 4.74 Å². The number of alkyl carbamates (subject to hydrolysis) is 1. The molecule has 1 aliphatic carbocycles. The number of benzene rings is 2. The van der Waals surface area contributed by atoms with Gasteiger partial charge in [-0.15, -0.1) is 0 Å². The van der Waals surface area contributed by atoms with Crippen LogP contribution in [-0.4, -0.2) is 25.3 Å². The summed E-state index contributed by atoms with van der Waals surface area (Å²) < 4.78 is 5.38. The molecule has 3 rings (SSSR count). The van der Waals surface area contributed by atoms with Crippen molar-refractivity contribution in [3.05, 3.63) is 59.7 Å². The van der Waals surface area contributed by atoms with Gasteiger partial charge in [0.25, 0.3) is 0 Å². The zero-order chi connectivity index (χ0) is 15.5. The fourth-order valence-electron chi connectivity index (χ4n) is 2.89. The van der Waals surface area contributed by atoms with Crippen molar-refractivity contribution in [2.45, 2.75) is 18.9 Å². The van der Waals surface area contributed by atoms with Gasteiger partial charge in [0.2, 0.25) is 0 Å². The first-order valence-electron chi connectivity index (χ1n) is 7.51. The summed E-state index contributed by atoms with van der Waals surface area (Å²) in [7, 11) is 0. The Bertz CT molecular complexity index is 637. The van der Waals surface area contributed by atoms with Crippen molar-refractivity contribution in [2.24, 2.45) is 5.73 Å². The molecule has 22 heavy (non-hydrogen) atoms. The molecule has 0 saturated carbocycles. The fourth-order valence-corrected chi connectivity index (χ4v) is 2.89. The molecule has 3 N–H and O–H groups in total. The van der Waals surface area contributed by atoms with E-state index in [0.717, 1.165) is 0 Å². The first-order chi connectivity index (χ1) is 10.7. The Morgan fingerprint density at radius 2 is 1.68 bits per heavy atom. The topological polar surface area (TPSA) is 64.3 Å². The first-order valence-corrected chi connectivity index (χ1v) is 7.51. The predicted octanol–water partition coefficient (Wildman–Crippen LogP) is 2.87. The zero-order valence-corrected chi connectivity index (χ0v) is 12.6. The minimum absolute atomic E-state index is 0.0829. The van der Waals surface area contributed by atoms with Crippen LogP contribution in [0.4, 0.5) is 4.79 Å². The number of carbonyl (C=O) groups is 1. The molecule has 0 aliphatic heterocycles. The number of hydrogen-bond acceptors (Lipinski definition) is 3. The molecule has 0 fully saturated rings. The predicted molar refractivity (Wildman–Crippen MR) is 86.7 cm³/mol. The van der Waals surface area contributed by atoms with Crippen LogP contribution in [0.2, 0.25) is 0 Å². The van der Waals surface area contributed by atoms with E-state index < -0.39 is 6.09 Å². The lowest BCUT2D eigenvalue weighted by atomic mass is 9.98. The molecular formula is C18H20N2O2. The molecule has 4 nitrogen and oxygen atoms in total. The number of amides is 1. The van der Waals surface area contributed by atoms with E-state index >= 15 is 0 Å². The van der Waals surface area contributed by atoms with Gasteiger partial charge >= 0.3 is 6.09 Å². The van der Waals surface area contributed by atoms with Crippen LogP contribution < -0.4 is 11.1 Å². The van der Waals surface area contributed by atoms with Gasteiger partial charge in [-0.3, -0.25) is 0 Å². The normalized spacial score (nSPS) is 14.1. The molecule has 1 atom stereocenters. The number of carbonyl (C=O) groups excluding carboxylic acids is 1. The summed E-state index contributed by atoms with van der Waals surface area (Å²) in [5.41, 5.74) is 10.5. The highest BCUT2D eigenvalue weighted by Crippen LogP contribution is 2.44. The Morgan fingerprint density at radius 3 is 2.23 bits per heavy atom. The monoisotopic (exact) mass is 296 g/mol. The van der Waals surface area contributed by atoms with Crippen LogP contribution in [0.25, 0.3) is 11.1 Å². The molecule has 1 aliphatic rings. The van der Waals surface area contributed by atoms with Gasteiger partial charge in [0.15, 0.2) is 0 Å². The van der Waals surface area contributed by atoms with Crippen molar-refractivity contribution in [3.8, 4) is 11.1 Å². The summed E-state index contributed by atoms with van der Waals surface area (Å²) in [5, 5.41) is 2.67. The molecule has 4 heteroatoms. The quantitative estimate of drug-likeness (QED) is 0.912. The maximum atomic E-state index is 11.7. The molecule has 114 valence electrons. The molecule has 0 saturated heterocycles. The van der Waals surface area contributed by atoms with Crippen molar-refractivity contribution in [3.63, 3.8) is 0 Å². The molecule has 0 unspecified atom stereocenters. The molecule has 0 spiro atoms. The van der Waals surface area contributed by atoms with Gasteiger partial charge in [-0.05, 0) is 29.2 Å². The third-order valence-electron chi connectivity index (χ3n) is 3.91. The lowest BCUT2D eigenvalue weighted by Crippen LogP contribution is -2.36. The number of nitrogens with two attached hydrogens (primary N) is 1. The summed E-state index contributed by atoms with van der Waals surface area (Å²) in [6.45, 7) is 2.58. The van der Waals surface area contributed by atoms with E-state index in [1.54, 1.807) is 0 Å². The van der Waals surface area contributed by atoms with E-state index in [-0.39, 0.29) is 12.0 Å². The van der Waals surface area contributed by atoms with Gasteiger partial charge in [-0.1, -0.05) is 48.5 Å². The van der Waals surface area contributed by atoms with Crippen LogP contribution in [0.5, 0.6) is 0 Å². The average Bonchev–Trinajstić information content (AvgIpc) is 2.85. The fraction of sp³-hybridized carbons (Fsp3) is 0.278. The second kappa shape index (κ2) is 6.20. The number of rotatable bonds is 4. The van der Waals surface area contributed by atoms with E-state index in [4.69, 9.17) is 10.5 Å². The molecule has 2 aromatic carbocycles. The summed E-state index contributed by atoms with van der Waals surface area (Å²) in [6, 6.07) is 16.5. The van der Waals surface area contributed by atoms with Crippen LogP contribution in [0.15, 0.2) is 48.5 Å². The summed E-state index contributed by atoms with van der Waals surface area (Å²) in [4.78, 5) is 11.7. The summed E-state index contributed by atoms with van der Waals surface area (Å²) in [5.74, 6) is 0.0912. The largest absolute Gasteiger partial charge is 0.449 e. The molecule has 0 aromatic heterocycles. The lowest BCUT2D eigenvalue weighted by Gasteiger charge is -2.15. The van der Waals surface area contributed by atoms with E-state index in [9.17, 15) is 4.79 Å². The van der Waals surface area contributed by atoms with E-state index in [1.807, 2.05) is 31.2 Å². The van der Waals surface area contributed by atoms with Gasteiger partial charge in [0, 0.05) is 18.5 Å². The molecule has 0 radical (unpaired) electrons. The Balaban J connectivity index is 1.75. The van der Waals surface area contributed by atoms with E-state index in [2.05, 4.69) is 29.6 Å². The minimum atomic E-state index is -0.417. The van der Waals surface area contributed by atoms with Crippen LogP contribution in [0.3, 0.4) is 0 Å². The maximum absolute atomic E-state index is 11.7. The van der Waals surface area contributed by atoms with Crippen molar-refractivity contribution in [1.29, 1.82) is 0 Å². The molecule has 0 bridgehead atoms. The Kier molecular flexibility index (Phi) is 4.11. The van der Waals surface area contributed by atoms with E-state index in [0.29, 0.717) is 13.2 Å². The Hall–Kier alpha value is -2.33. The number of ether oxygens (including phenoxy) is 1. The molecule has 0 heterocycles. The highest BCUT2D eigenvalue weighted by molar-refractivity contribution is 5.79. The molecular weight excluding hydrogens is 276 g/mol. The highest BCUT2D eigenvalue weighted by Gasteiger charge is 2.28. The Morgan fingerprint density at radius 1 is 1.14 bits per heavy atom. The third-order valence-corrected chi connectivity index (χ3v) is 3.91. The van der Waals surface area contributed by atoms with Crippen LogP contribution in [0.1, 0.15) is 24.0 Å². The van der Waals surface area contributed by atoms with Gasteiger partial charge in [-0.2, -0.15) is 0 Å². The van der Waals surface area contributed by atoms with Crippen molar-refractivity contribution < 1.29 is 9.53 Å². The van der Waals surface area contributed by atoms with Crippen LogP contribution in [0, 0.1) is 0 Å². The zero-order valence-electron chi connectivity index (χ0n) is 12.6. The van der Waals surface area contributed by atoms with Crippen molar-refractivity contribution in [2.75, 3.05) is 13.2 Å². The highest BCUT2D eigenvalue weighted by atomic mass is 16.5. The average molecular weight is 296 g/mol. The molecule has 2 aromatic rings. The van der Waals surface area contributed by atoms with Crippen LogP contribution >= 0.6 is 0 Å². The SMILES string of the molecule is C[C@H](N)CNC(=O)OCC1c2ccccc2-c2ccccc21. The summed E-state index contributed by atoms with van der Waals surface area (Å²) in [6.07, 6.45) is -0.417. The van der Waals surface area contributed by atoms with Gasteiger partial charge in [0.05, 0.1) is 0 Å². The second-order valence-electron chi connectivity index (χ2n) is 5.68. The standard InChI is InChI=1S/C18H20N2O2/c1-12(19)10-20-18(21)22-11-17-15-8-4-2-6-13(15)14-7-3-5-9-16(14)17/h2-9,12,17H,10-11,19H2,1H3,(H,20,21)/t12-/m0/s1. The van der Waals surface area contributed by atoms with Gasteiger partial charge in [0.1, 0.15) is 6.61 Å². The Labute approximate surface area is 130 Å². The van der Waals surface area contributed by atoms with Crippen molar-refractivity contribution in [1.82, 2.24) is 5.32 Å². The number of hydrogen-bond donors (Lipinski definition) is 2. The smallest absolute Gasteiger partial charge is 0.407 e. The van der Waals surface area contributed by atoms with Gasteiger partial charge < -0.3 is 15.8 Å². The number of nitrogens with one attached hydrogen (secondary N) is 1. The van der Waals surface area contributed by atoms with E-state index in [1.165, 1.54) is 22.3 Å². The maximum Gasteiger partial charge on any atom is 0.407 e. The second-order valence-corrected chi connectivity index (χ2v) is 5.68. The molecule has 1 amide bonds. The summed E-state index contributed by atoms with van der Waals surface area (Å²) >= 11 is 0. The van der Waals surface area contributed by atoms with Gasteiger partial charge in [-0.25, -0.2) is 4.79 Å². The van der Waals surface area contributed by atoms with Crippen molar-refractivity contribution >= 4 is 6.09 Å².